The van der Waals surface area contributed by atoms with Crippen LogP contribution in [-0.4, -0.2) is 33.2 Å². The highest BCUT2D eigenvalue weighted by Gasteiger charge is 2.13. The van der Waals surface area contributed by atoms with E-state index in [1.165, 1.54) is 0 Å². The summed E-state index contributed by atoms with van der Waals surface area (Å²) < 4.78 is 23.1. The van der Waals surface area contributed by atoms with Gasteiger partial charge >= 0.3 is 0 Å². The summed E-state index contributed by atoms with van der Waals surface area (Å²) >= 11 is 0. The van der Waals surface area contributed by atoms with Gasteiger partial charge in [0.25, 0.3) is 0 Å². The third kappa shape index (κ3) is 2.81. The van der Waals surface area contributed by atoms with Crippen molar-refractivity contribution in [3.05, 3.63) is 29.8 Å². The number of sulfone groups is 1. The van der Waals surface area contributed by atoms with E-state index in [9.17, 15) is 8.42 Å². The van der Waals surface area contributed by atoms with E-state index in [1.807, 2.05) is 19.0 Å². The predicted molar refractivity (Wildman–Crippen MR) is 64.8 cm³/mol. The molecule has 90 valence electrons. The zero-order valence-electron chi connectivity index (χ0n) is 9.84. The SMILES string of the molecule is CCS(=O)(=O)c1ccc(C(N)N(C)C)cc1. The van der Waals surface area contributed by atoms with Gasteiger partial charge in [-0.15, -0.1) is 0 Å². The molecule has 0 radical (unpaired) electrons. The predicted octanol–water partition coefficient (Wildman–Crippen LogP) is 0.999. The number of hydrogen-bond donors (Lipinski definition) is 1. The Kier molecular flexibility index (Phi) is 4.07. The van der Waals surface area contributed by atoms with Crippen molar-refractivity contribution >= 4 is 9.84 Å². The molecule has 5 heteroatoms. The normalized spacial score (nSPS) is 14.1. The van der Waals surface area contributed by atoms with Gasteiger partial charge < -0.3 is 5.73 Å². The molecule has 4 nitrogen and oxygen atoms in total. The lowest BCUT2D eigenvalue weighted by molar-refractivity contribution is 0.307. The van der Waals surface area contributed by atoms with Gasteiger partial charge in [-0.25, -0.2) is 8.42 Å². The van der Waals surface area contributed by atoms with Crippen LogP contribution in [0.3, 0.4) is 0 Å². The summed E-state index contributed by atoms with van der Waals surface area (Å²) in [4.78, 5) is 2.22. The smallest absolute Gasteiger partial charge is 0.178 e. The quantitative estimate of drug-likeness (QED) is 0.800. The molecule has 0 saturated heterocycles. The molecule has 0 amide bonds. The van der Waals surface area contributed by atoms with Gasteiger partial charge in [0.05, 0.1) is 16.8 Å². The fourth-order valence-corrected chi connectivity index (χ4v) is 2.22. The van der Waals surface area contributed by atoms with Crippen molar-refractivity contribution in [2.75, 3.05) is 19.8 Å². The molecule has 0 aliphatic rings. The van der Waals surface area contributed by atoms with Crippen molar-refractivity contribution in [3.8, 4) is 0 Å². The molecule has 0 aromatic heterocycles. The molecule has 16 heavy (non-hydrogen) atoms. The second-order valence-corrected chi connectivity index (χ2v) is 6.16. The van der Waals surface area contributed by atoms with Crippen molar-refractivity contribution < 1.29 is 8.42 Å². The molecule has 0 fully saturated rings. The maximum Gasteiger partial charge on any atom is 0.178 e. The number of nitrogens with two attached hydrogens (primary N) is 1. The summed E-state index contributed by atoms with van der Waals surface area (Å²) in [5.41, 5.74) is 6.81. The molecule has 0 spiro atoms. The van der Waals surface area contributed by atoms with Gasteiger partial charge in [-0.3, -0.25) is 4.90 Å². The minimum Gasteiger partial charge on any atom is -0.312 e. The van der Waals surface area contributed by atoms with E-state index in [0.717, 1.165) is 5.56 Å². The van der Waals surface area contributed by atoms with E-state index in [0.29, 0.717) is 4.90 Å². The van der Waals surface area contributed by atoms with Gasteiger partial charge in [0, 0.05) is 0 Å². The summed E-state index contributed by atoms with van der Waals surface area (Å²) in [6.45, 7) is 1.63. The summed E-state index contributed by atoms with van der Waals surface area (Å²) in [6.07, 6.45) is -0.210. The molecule has 0 saturated carbocycles. The molecule has 2 N–H and O–H groups in total. The van der Waals surface area contributed by atoms with Crippen molar-refractivity contribution in [1.29, 1.82) is 0 Å². The monoisotopic (exact) mass is 242 g/mol. The Labute approximate surface area is 97.0 Å². The maximum absolute atomic E-state index is 11.6. The Bertz CT molecular complexity index is 438. The van der Waals surface area contributed by atoms with E-state index in [-0.39, 0.29) is 11.9 Å². The van der Waals surface area contributed by atoms with Gasteiger partial charge in [0.1, 0.15) is 0 Å². The average molecular weight is 242 g/mol. The van der Waals surface area contributed by atoms with Crippen LogP contribution in [0.15, 0.2) is 29.2 Å². The molecule has 0 bridgehead atoms. The zero-order chi connectivity index (χ0) is 12.3. The van der Waals surface area contributed by atoms with Crippen LogP contribution in [0.2, 0.25) is 0 Å². The van der Waals surface area contributed by atoms with Gasteiger partial charge in [0.15, 0.2) is 9.84 Å². The molecule has 0 heterocycles. The minimum atomic E-state index is -3.12. The maximum atomic E-state index is 11.6. The standard InChI is InChI=1S/C11H18N2O2S/c1-4-16(14,15)10-7-5-9(6-8-10)11(12)13(2)3/h5-8,11H,4,12H2,1-3H3. The number of hydrogen-bond acceptors (Lipinski definition) is 4. The highest BCUT2D eigenvalue weighted by Crippen LogP contribution is 2.16. The largest absolute Gasteiger partial charge is 0.312 e. The Hall–Kier alpha value is -0.910. The molecule has 1 aromatic rings. The zero-order valence-corrected chi connectivity index (χ0v) is 10.7. The molecule has 1 atom stereocenters. The number of benzene rings is 1. The van der Waals surface area contributed by atoms with Gasteiger partial charge in [0.2, 0.25) is 0 Å². The second-order valence-electron chi connectivity index (χ2n) is 3.88. The molecule has 0 aliphatic heterocycles. The summed E-state index contributed by atoms with van der Waals surface area (Å²) in [5.74, 6) is 0.117. The molecule has 1 unspecified atom stereocenters. The van der Waals surface area contributed by atoms with Crippen LogP contribution in [0.25, 0.3) is 0 Å². The van der Waals surface area contributed by atoms with Crippen LogP contribution >= 0.6 is 0 Å². The number of rotatable bonds is 4. The van der Waals surface area contributed by atoms with E-state index < -0.39 is 9.84 Å². The Morgan fingerprint density at radius 1 is 1.25 bits per heavy atom. The summed E-state index contributed by atoms with van der Waals surface area (Å²) in [5, 5.41) is 0. The Balaban J connectivity index is 3.01. The molecule has 1 aromatic carbocycles. The van der Waals surface area contributed by atoms with Gasteiger partial charge in [-0.05, 0) is 31.8 Å². The van der Waals surface area contributed by atoms with E-state index in [2.05, 4.69) is 0 Å². The fourth-order valence-electron chi connectivity index (χ4n) is 1.34. The van der Waals surface area contributed by atoms with Crippen LogP contribution in [0, 0.1) is 0 Å². The Morgan fingerprint density at radius 3 is 2.12 bits per heavy atom. The van der Waals surface area contributed by atoms with E-state index in [4.69, 9.17) is 5.73 Å². The molecular formula is C11H18N2O2S. The highest BCUT2D eigenvalue weighted by atomic mass is 32.2. The van der Waals surface area contributed by atoms with Crippen LogP contribution < -0.4 is 5.73 Å². The van der Waals surface area contributed by atoms with Crippen molar-refractivity contribution in [2.24, 2.45) is 5.73 Å². The molecule has 0 aliphatic carbocycles. The van der Waals surface area contributed by atoms with Gasteiger partial charge in [-0.2, -0.15) is 0 Å². The second kappa shape index (κ2) is 4.95. The van der Waals surface area contributed by atoms with Crippen molar-refractivity contribution in [2.45, 2.75) is 18.0 Å². The lowest BCUT2D eigenvalue weighted by Crippen LogP contribution is -2.27. The first-order valence-electron chi connectivity index (χ1n) is 5.13. The third-order valence-corrected chi connectivity index (χ3v) is 4.27. The lowest BCUT2D eigenvalue weighted by atomic mass is 10.2. The first-order chi connectivity index (χ1) is 7.38. The first kappa shape index (κ1) is 13.2. The van der Waals surface area contributed by atoms with E-state index in [1.54, 1.807) is 31.2 Å². The summed E-state index contributed by atoms with van der Waals surface area (Å²) in [6, 6.07) is 6.73. The van der Waals surface area contributed by atoms with Crippen molar-refractivity contribution in [3.63, 3.8) is 0 Å². The average Bonchev–Trinajstić information content (AvgIpc) is 2.28. The highest BCUT2D eigenvalue weighted by molar-refractivity contribution is 7.91. The fraction of sp³-hybridized carbons (Fsp3) is 0.455. The van der Waals surface area contributed by atoms with Gasteiger partial charge in [-0.1, -0.05) is 19.1 Å². The minimum absolute atomic E-state index is 0.117. The lowest BCUT2D eigenvalue weighted by Gasteiger charge is -2.20. The van der Waals surface area contributed by atoms with Crippen LogP contribution in [0.1, 0.15) is 18.7 Å². The number of nitrogens with zero attached hydrogens (tertiary/aromatic N) is 1. The molecule has 1 rings (SSSR count). The van der Waals surface area contributed by atoms with Crippen LogP contribution in [0.4, 0.5) is 0 Å². The third-order valence-electron chi connectivity index (χ3n) is 2.52. The Morgan fingerprint density at radius 2 is 1.75 bits per heavy atom. The molecular weight excluding hydrogens is 224 g/mol. The summed E-state index contributed by atoms with van der Waals surface area (Å²) in [7, 11) is 0.637. The topological polar surface area (TPSA) is 63.4 Å². The van der Waals surface area contributed by atoms with Crippen LogP contribution in [0.5, 0.6) is 0 Å². The van der Waals surface area contributed by atoms with E-state index >= 15 is 0 Å². The first-order valence-corrected chi connectivity index (χ1v) is 6.78. The van der Waals surface area contributed by atoms with Crippen molar-refractivity contribution in [1.82, 2.24) is 4.90 Å². The van der Waals surface area contributed by atoms with Crippen LogP contribution in [-0.2, 0) is 9.84 Å².